The fraction of sp³-hybridized carbons (Fsp3) is 0.607. The molecule has 3 rings (SSSR count). The lowest BCUT2D eigenvalue weighted by Crippen LogP contribution is -2.60. The van der Waals surface area contributed by atoms with E-state index in [1.54, 1.807) is 6.07 Å². The summed E-state index contributed by atoms with van der Waals surface area (Å²) in [5, 5.41) is 62.1. The zero-order valence-electron chi connectivity index (χ0n) is 21.8. The molecule has 0 bridgehead atoms. The molecular weight excluding hydrogens is 480 g/mol. The number of aromatic carboxylic acids is 1. The summed E-state index contributed by atoms with van der Waals surface area (Å²) in [5.41, 5.74) is 2.37. The lowest BCUT2D eigenvalue weighted by molar-refractivity contribution is -0.277. The predicted octanol–water partition coefficient (Wildman–Crippen LogP) is 3.02. The molecule has 0 amide bonds. The molecule has 1 aromatic carbocycles. The topological polar surface area (TPSA) is 157 Å². The average Bonchev–Trinajstić information content (AvgIpc) is 2.84. The Bertz CT molecular complexity index is 1020. The zero-order valence-corrected chi connectivity index (χ0v) is 21.8. The van der Waals surface area contributed by atoms with Crippen LogP contribution in [0, 0.1) is 5.92 Å². The molecule has 1 fully saturated rings. The van der Waals surface area contributed by atoms with Crippen LogP contribution in [0.3, 0.4) is 0 Å². The molecule has 0 spiro atoms. The van der Waals surface area contributed by atoms with E-state index in [-0.39, 0.29) is 22.8 Å². The molecule has 0 aromatic heterocycles. The van der Waals surface area contributed by atoms with Gasteiger partial charge in [0.25, 0.3) is 0 Å². The van der Waals surface area contributed by atoms with Gasteiger partial charge < -0.3 is 40.1 Å². The molecule has 1 heterocycles. The molecule has 0 radical (unpaired) electrons. The van der Waals surface area contributed by atoms with E-state index in [1.165, 1.54) is 0 Å². The van der Waals surface area contributed by atoms with Crippen LogP contribution in [0.15, 0.2) is 29.9 Å². The number of carboxylic acids is 1. The van der Waals surface area contributed by atoms with Gasteiger partial charge in [-0.15, -0.1) is 0 Å². The highest BCUT2D eigenvalue weighted by Gasteiger charge is 2.45. The largest absolute Gasteiger partial charge is 0.507 e. The van der Waals surface area contributed by atoms with Crippen molar-refractivity contribution < 1.29 is 44.9 Å². The molecule has 1 aromatic rings. The van der Waals surface area contributed by atoms with Gasteiger partial charge in [0.1, 0.15) is 41.5 Å². The summed E-state index contributed by atoms with van der Waals surface area (Å²) >= 11 is 0. The third kappa shape index (κ3) is 6.18. The van der Waals surface area contributed by atoms with Crippen LogP contribution in [0.25, 0.3) is 0 Å². The molecule has 1 unspecified atom stereocenters. The fourth-order valence-corrected chi connectivity index (χ4v) is 5.33. The third-order valence-electron chi connectivity index (χ3n) is 7.45. The van der Waals surface area contributed by atoms with Crippen molar-refractivity contribution in [3.8, 4) is 11.5 Å². The van der Waals surface area contributed by atoms with Crippen LogP contribution in [0.4, 0.5) is 0 Å². The number of carbonyl (C=O) groups is 1. The number of phenols is 1. The standard InChI is InChI=1S/C28H40O9/c1-5-6-7-8-16-12-19(36-28-26(33)25(32)23(30)20(13-29)37-28)22(24(31)21(16)27(34)35)18-11-15(4)9-10-17(18)14(2)3/h11-12,17-18,20,23,25-26,28-33H,2,5-10,13H2,1,3-4H3,(H,34,35)/t17-,18+,20+,23+,25-,26+,28?/m0/s1. The second-order valence-electron chi connectivity index (χ2n) is 10.3. The first-order valence-corrected chi connectivity index (χ1v) is 12.9. The van der Waals surface area contributed by atoms with Crippen molar-refractivity contribution in [2.45, 2.75) is 95.9 Å². The van der Waals surface area contributed by atoms with Crippen molar-refractivity contribution in [2.24, 2.45) is 5.92 Å². The van der Waals surface area contributed by atoms with Gasteiger partial charge in [-0.1, -0.05) is 43.6 Å². The van der Waals surface area contributed by atoms with Gasteiger partial charge in [-0.25, -0.2) is 4.79 Å². The van der Waals surface area contributed by atoms with Crippen molar-refractivity contribution >= 4 is 5.97 Å². The molecule has 206 valence electrons. The van der Waals surface area contributed by atoms with Gasteiger partial charge in [-0.3, -0.25) is 0 Å². The summed E-state index contributed by atoms with van der Waals surface area (Å²) in [5.74, 6) is -2.11. The van der Waals surface area contributed by atoms with E-state index < -0.39 is 54.9 Å². The zero-order chi connectivity index (χ0) is 27.4. The van der Waals surface area contributed by atoms with Crippen LogP contribution in [-0.4, -0.2) is 73.9 Å². The monoisotopic (exact) mass is 520 g/mol. The Kier molecular flexibility index (Phi) is 9.77. The number of hydrogen-bond donors (Lipinski definition) is 6. The van der Waals surface area contributed by atoms with Gasteiger partial charge in [0, 0.05) is 11.5 Å². The predicted molar refractivity (Wildman–Crippen MR) is 137 cm³/mol. The Hall–Kier alpha value is -2.43. The van der Waals surface area contributed by atoms with Gasteiger partial charge in [0.15, 0.2) is 0 Å². The van der Waals surface area contributed by atoms with Gasteiger partial charge in [0.05, 0.1) is 6.61 Å². The molecule has 37 heavy (non-hydrogen) atoms. The summed E-state index contributed by atoms with van der Waals surface area (Å²) in [6.45, 7) is 9.37. The van der Waals surface area contributed by atoms with E-state index in [0.29, 0.717) is 18.4 Å². The normalized spacial score (nSPS) is 30.0. The molecule has 0 saturated carbocycles. The molecule has 2 aliphatic rings. The maximum atomic E-state index is 12.3. The summed E-state index contributed by atoms with van der Waals surface area (Å²) < 4.78 is 11.6. The van der Waals surface area contributed by atoms with Crippen LogP contribution in [0.2, 0.25) is 0 Å². The van der Waals surface area contributed by atoms with Crippen molar-refractivity contribution in [3.63, 3.8) is 0 Å². The first-order valence-electron chi connectivity index (χ1n) is 12.9. The van der Waals surface area contributed by atoms with Crippen molar-refractivity contribution in [3.05, 3.63) is 46.6 Å². The Labute approximate surface area is 217 Å². The maximum Gasteiger partial charge on any atom is 0.339 e. The number of benzene rings is 1. The number of rotatable bonds is 10. The van der Waals surface area contributed by atoms with E-state index in [0.717, 1.165) is 36.8 Å². The Morgan fingerprint density at radius 2 is 1.89 bits per heavy atom. The fourth-order valence-electron chi connectivity index (χ4n) is 5.33. The van der Waals surface area contributed by atoms with E-state index in [4.69, 9.17) is 9.47 Å². The van der Waals surface area contributed by atoms with Crippen molar-refractivity contribution in [1.29, 1.82) is 0 Å². The third-order valence-corrected chi connectivity index (χ3v) is 7.45. The van der Waals surface area contributed by atoms with Crippen molar-refractivity contribution in [2.75, 3.05) is 6.61 Å². The lowest BCUT2D eigenvalue weighted by Gasteiger charge is -2.40. The molecule has 6 N–H and O–H groups in total. The quantitative estimate of drug-likeness (QED) is 0.202. The van der Waals surface area contributed by atoms with Crippen LogP contribution in [-0.2, 0) is 11.2 Å². The smallest absolute Gasteiger partial charge is 0.339 e. The average molecular weight is 521 g/mol. The number of aromatic hydroxyl groups is 1. The molecule has 1 saturated heterocycles. The Balaban J connectivity index is 2.18. The first kappa shape index (κ1) is 29.1. The molecule has 9 nitrogen and oxygen atoms in total. The van der Waals surface area contributed by atoms with E-state index in [9.17, 15) is 35.4 Å². The van der Waals surface area contributed by atoms with Gasteiger partial charge in [0.2, 0.25) is 6.29 Å². The summed E-state index contributed by atoms with van der Waals surface area (Å²) in [6, 6.07) is 1.56. The van der Waals surface area contributed by atoms with Crippen LogP contribution in [0.1, 0.15) is 80.3 Å². The number of aryl methyl sites for hydroxylation is 1. The number of aliphatic hydroxyl groups excluding tert-OH is 4. The summed E-state index contributed by atoms with van der Waals surface area (Å²) in [4.78, 5) is 12.3. The first-order chi connectivity index (χ1) is 17.5. The van der Waals surface area contributed by atoms with Gasteiger partial charge in [-0.2, -0.15) is 0 Å². The highest BCUT2D eigenvalue weighted by Crippen LogP contribution is 2.49. The number of ether oxygens (including phenoxy) is 2. The second kappa shape index (κ2) is 12.4. The number of carboxylic acid groups (broad SMARTS) is 1. The van der Waals surface area contributed by atoms with Crippen LogP contribution in [0.5, 0.6) is 11.5 Å². The number of hydrogen-bond acceptors (Lipinski definition) is 8. The van der Waals surface area contributed by atoms with E-state index >= 15 is 0 Å². The maximum absolute atomic E-state index is 12.3. The molecule has 9 heteroatoms. The summed E-state index contributed by atoms with van der Waals surface area (Å²) in [6.07, 6.45) is -1.08. The Morgan fingerprint density at radius 1 is 1.19 bits per heavy atom. The number of allylic oxidation sites excluding steroid dienone is 3. The molecule has 1 aliphatic heterocycles. The van der Waals surface area contributed by atoms with E-state index in [2.05, 4.69) is 6.58 Å². The SMILES string of the molecule is C=C(C)[C@@H]1CCC(C)=C[C@H]1c1c(OC2O[C@H](CO)[C@@H](O)[C@H](O)[C@H]2O)cc(CCCCC)c(C(=O)O)c1O. The highest BCUT2D eigenvalue weighted by atomic mass is 16.7. The molecular formula is C28H40O9. The lowest BCUT2D eigenvalue weighted by atomic mass is 9.73. The minimum absolute atomic E-state index is 0.0978. The number of aliphatic hydroxyl groups is 4. The highest BCUT2D eigenvalue weighted by molar-refractivity contribution is 5.94. The number of unbranched alkanes of at least 4 members (excludes halogenated alkanes) is 2. The van der Waals surface area contributed by atoms with Gasteiger partial charge in [-0.05, 0) is 57.1 Å². The van der Waals surface area contributed by atoms with Crippen LogP contribution < -0.4 is 4.74 Å². The van der Waals surface area contributed by atoms with Crippen molar-refractivity contribution in [1.82, 2.24) is 0 Å². The van der Waals surface area contributed by atoms with Crippen LogP contribution >= 0.6 is 0 Å². The minimum Gasteiger partial charge on any atom is -0.507 e. The van der Waals surface area contributed by atoms with E-state index in [1.807, 2.05) is 26.8 Å². The molecule has 1 aliphatic carbocycles. The Morgan fingerprint density at radius 3 is 2.49 bits per heavy atom. The second-order valence-corrected chi connectivity index (χ2v) is 10.3. The minimum atomic E-state index is -1.66. The summed E-state index contributed by atoms with van der Waals surface area (Å²) in [7, 11) is 0. The van der Waals surface area contributed by atoms with Gasteiger partial charge >= 0.3 is 5.97 Å². The molecule has 7 atom stereocenters.